The largest absolute Gasteiger partial charge is 0.480 e. The summed E-state index contributed by atoms with van der Waals surface area (Å²) < 4.78 is 46.6. The van der Waals surface area contributed by atoms with Crippen LogP contribution in [0.5, 0.6) is 5.75 Å². The predicted octanol–water partition coefficient (Wildman–Crippen LogP) is 3.46. The lowest BCUT2D eigenvalue weighted by molar-refractivity contribution is -0.137. The molecule has 1 aromatic heterocycles. The minimum absolute atomic E-state index is 0.0123. The van der Waals surface area contributed by atoms with Crippen LogP contribution >= 0.6 is 0 Å². The highest BCUT2D eigenvalue weighted by Gasteiger charge is 2.28. The van der Waals surface area contributed by atoms with Crippen molar-refractivity contribution in [3.8, 4) is 5.75 Å². The Morgan fingerprint density at radius 2 is 1.73 bits per heavy atom. The van der Waals surface area contributed by atoms with Crippen LogP contribution in [0.3, 0.4) is 0 Å². The van der Waals surface area contributed by atoms with Gasteiger partial charge in [0.05, 0.1) is 11.1 Å². The van der Waals surface area contributed by atoms with Crippen molar-refractivity contribution in [1.29, 1.82) is 0 Å². The Hall–Kier alpha value is -4.46. The summed E-state index contributed by atoms with van der Waals surface area (Å²) in [4.78, 5) is 35.7. The molecule has 0 bridgehead atoms. The zero-order valence-electron chi connectivity index (χ0n) is 23.4. The number of hydrogen-bond acceptors (Lipinski definition) is 9. The van der Waals surface area contributed by atoms with E-state index in [1.165, 1.54) is 30.3 Å². The number of carboxylic acids is 1. The molecule has 1 unspecified atom stereocenters. The van der Waals surface area contributed by atoms with Crippen molar-refractivity contribution in [2.24, 2.45) is 0 Å². The zero-order chi connectivity index (χ0) is 30.3. The highest BCUT2D eigenvalue weighted by Crippen LogP contribution is 2.30. The molecule has 12 nitrogen and oxygen atoms in total. The highest BCUT2D eigenvalue weighted by atomic mass is 32.2. The molecule has 3 rings (SSSR count). The first-order valence-corrected chi connectivity index (χ1v) is 14.1. The first-order chi connectivity index (χ1) is 19.4. The van der Waals surface area contributed by atoms with Gasteiger partial charge < -0.3 is 25.0 Å². The molecule has 0 saturated carbocycles. The predicted molar refractivity (Wildman–Crippen MR) is 152 cm³/mol. The second-order valence-corrected chi connectivity index (χ2v) is 11.1. The Bertz CT molecular complexity index is 1480. The number of hydrogen-bond donors (Lipinski definition) is 2. The number of anilines is 3. The first-order valence-electron chi connectivity index (χ1n) is 12.7. The lowest BCUT2D eigenvalue weighted by Gasteiger charge is -2.26. The molecule has 0 spiro atoms. The smallest absolute Gasteiger partial charge is 0.414 e. The number of sulfonamides is 1. The fraction of sp³-hybridized carbons (Fsp3) is 0.333. The molecule has 1 heterocycles. The quantitative estimate of drug-likeness (QED) is 0.323. The van der Waals surface area contributed by atoms with Crippen molar-refractivity contribution >= 4 is 39.5 Å². The van der Waals surface area contributed by atoms with Crippen LogP contribution in [0.4, 0.5) is 26.6 Å². The second-order valence-electron chi connectivity index (χ2n) is 9.15. The van der Waals surface area contributed by atoms with E-state index in [0.717, 1.165) is 16.4 Å². The topological polar surface area (TPSA) is 145 Å². The molecule has 0 aliphatic heterocycles. The summed E-state index contributed by atoms with van der Waals surface area (Å²) in [5.74, 6) is -1.40. The van der Waals surface area contributed by atoms with Crippen LogP contribution in [-0.2, 0) is 21.2 Å². The van der Waals surface area contributed by atoms with Crippen molar-refractivity contribution in [2.75, 3.05) is 48.8 Å². The van der Waals surface area contributed by atoms with Gasteiger partial charge in [-0.05, 0) is 49.7 Å². The molecule has 1 atom stereocenters. The van der Waals surface area contributed by atoms with Gasteiger partial charge in [0.25, 0.3) is 10.0 Å². The van der Waals surface area contributed by atoms with E-state index >= 15 is 0 Å². The lowest BCUT2D eigenvalue weighted by atomic mass is 10.1. The van der Waals surface area contributed by atoms with Crippen LogP contribution in [0.25, 0.3) is 0 Å². The Labute approximate surface area is 238 Å². The minimum atomic E-state index is -4.25. The Kier molecular flexibility index (Phi) is 10.1. The molecule has 0 saturated heterocycles. The van der Waals surface area contributed by atoms with Crippen LogP contribution in [0.2, 0.25) is 0 Å². The Morgan fingerprint density at radius 3 is 2.29 bits per heavy atom. The molecular formula is C27H33FN6O6S. The Morgan fingerprint density at radius 1 is 1.07 bits per heavy atom. The number of ether oxygens (including phenoxy) is 1. The minimum Gasteiger partial charge on any atom is -0.480 e. The van der Waals surface area contributed by atoms with Crippen molar-refractivity contribution < 1.29 is 32.2 Å². The maximum Gasteiger partial charge on any atom is 0.414 e. The number of amides is 1. The van der Waals surface area contributed by atoms with Gasteiger partial charge in [-0.2, -0.15) is 4.98 Å². The fourth-order valence-corrected chi connectivity index (χ4v) is 4.98. The molecule has 2 N–H and O–H groups in total. The lowest BCUT2D eigenvalue weighted by Crippen LogP contribution is -2.35. The third-order valence-electron chi connectivity index (χ3n) is 6.14. The van der Waals surface area contributed by atoms with Gasteiger partial charge in [0, 0.05) is 40.7 Å². The van der Waals surface area contributed by atoms with Crippen LogP contribution in [0, 0.1) is 5.82 Å². The third kappa shape index (κ3) is 7.60. The number of nitrogens with zero attached hydrogens (tertiary/aromatic N) is 5. The number of benzene rings is 2. The molecule has 0 aliphatic rings. The number of rotatable bonds is 12. The van der Waals surface area contributed by atoms with Gasteiger partial charge in [0.2, 0.25) is 5.95 Å². The summed E-state index contributed by atoms with van der Waals surface area (Å²) in [7, 11) is 0.104. The number of nitrogens with one attached hydrogen (secondary N) is 1. The van der Waals surface area contributed by atoms with Gasteiger partial charge in [0.1, 0.15) is 23.3 Å². The summed E-state index contributed by atoms with van der Waals surface area (Å²) >= 11 is 0. The average Bonchev–Trinajstić information content (AvgIpc) is 2.94. The molecule has 0 radical (unpaired) electrons. The van der Waals surface area contributed by atoms with Gasteiger partial charge in [-0.15, -0.1) is 0 Å². The molecule has 2 aromatic carbocycles. The van der Waals surface area contributed by atoms with Crippen molar-refractivity contribution in [3.63, 3.8) is 0 Å². The molecule has 220 valence electrons. The van der Waals surface area contributed by atoms with E-state index in [1.54, 1.807) is 38.4 Å². The van der Waals surface area contributed by atoms with E-state index in [1.807, 2.05) is 18.7 Å². The molecular weight excluding hydrogens is 555 g/mol. The van der Waals surface area contributed by atoms with Gasteiger partial charge in [-0.25, -0.2) is 27.4 Å². The normalized spacial score (nSPS) is 11.9. The number of halogens is 1. The Balaban J connectivity index is 1.97. The van der Waals surface area contributed by atoms with E-state index in [-0.39, 0.29) is 28.8 Å². The fourth-order valence-electron chi connectivity index (χ4n) is 3.76. The maximum atomic E-state index is 13.8. The highest BCUT2D eigenvalue weighted by molar-refractivity contribution is 7.92. The van der Waals surface area contributed by atoms with Crippen molar-refractivity contribution in [3.05, 3.63) is 66.1 Å². The molecule has 0 fully saturated rings. The van der Waals surface area contributed by atoms with Crippen LogP contribution < -0.4 is 19.3 Å². The molecule has 0 aliphatic carbocycles. The average molecular weight is 589 g/mol. The molecule has 41 heavy (non-hydrogen) atoms. The van der Waals surface area contributed by atoms with Crippen LogP contribution in [0.15, 0.2) is 59.6 Å². The summed E-state index contributed by atoms with van der Waals surface area (Å²) in [5.41, 5.74) is 0.581. The van der Waals surface area contributed by atoms with E-state index < -0.39 is 33.9 Å². The SMILES string of the molecule is CCN(CC)c1ncc(N(C)S(=O)(=O)c2cccc(F)c2)c(NC(Cc2ccc(OC(=O)N(C)C)cc2)C(=O)O)n1. The molecule has 3 aromatic rings. The van der Waals surface area contributed by atoms with Crippen LogP contribution in [-0.4, -0.2) is 80.7 Å². The van der Waals surface area contributed by atoms with Gasteiger partial charge in [-0.1, -0.05) is 18.2 Å². The zero-order valence-corrected chi connectivity index (χ0v) is 24.2. The van der Waals surface area contributed by atoms with E-state index in [4.69, 9.17) is 4.74 Å². The number of aromatic nitrogens is 2. The van der Waals surface area contributed by atoms with E-state index in [0.29, 0.717) is 24.4 Å². The summed E-state index contributed by atoms with van der Waals surface area (Å²) in [6.45, 7) is 4.90. The molecule has 1 amide bonds. The summed E-state index contributed by atoms with van der Waals surface area (Å²) in [5, 5.41) is 12.9. The summed E-state index contributed by atoms with van der Waals surface area (Å²) in [6.07, 6.45) is 0.717. The van der Waals surface area contributed by atoms with E-state index in [2.05, 4.69) is 15.3 Å². The molecule has 14 heteroatoms. The number of carbonyl (C=O) groups excluding carboxylic acids is 1. The first kappa shape index (κ1) is 31.1. The maximum absolute atomic E-state index is 13.8. The van der Waals surface area contributed by atoms with Gasteiger partial charge in [0.15, 0.2) is 5.82 Å². The number of aliphatic carboxylic acids is 1. The van der Waals surface area contributed by atoms with Gasteiger partial charge in [-0.3, -0.25) is 4.31 Å². The van der Waals surface area contributed by atoms with Crippen LogP contribution in [0.1, 0.15) is 19.4 Å². The van der Waals surface area contributed by atoms with Crippen molar-refractivity contribution in [2.45, 2.75) is 31.2 Å². The summed E-state index contributed by atoms with van der Waals surface area (Å²) in [6, 6.07) is 9.67. The van der Waals surface area contributed by atoms with Gasteiger partial charge >= 0.3 is 12.1 Å². The monoisotopic (exact) mass is 588 g/mol. The number of carbonyl (C=O) groups is 2. The second kappa shape index (κ2) is 13.3. The third-order valence-corrected chi connectivity index (χ3v) is 7.91. The van der Waals surface area contributed by atoms with Crippen molar-refractivity contribution in [1.82, 2.24) is 14.9 Å². The number of carboxylic acid groups (broad SMARTS) is 1. The van der Waals surface area contributed by atoms with E-state index in [9.17, 15) is 27.5 Å². The standard InChI is InChI=1S/C27H33FN6O6S/c1-6-34(7-2)26-29-17-23(33(5)41(38,39)21-10-8-9-19(28)16-21)24(31-26)30-22(25(35)36)15-18-11-13-20(14-12-18)40-27(37)32(3)4/h8-14,16-17,22H,6-7,15H2,1-5H3,(H,35,36)(H,29,30,31).